The van der Waals surface area contributed by atoms with E-state index < -0.39 is 30.5 Å². The lowest BCUT2D eigenvalue weighted by molar-refractivity contribution is -0.344. The number of carbonyl (C=O) groups is 1. The van der Waals surface area contributed by atoms with Crippen molar-refractivity contribution in [3.63, 3.8) is 0 Å². The van der Waals surface area contributed by atoms with E-state index in [9.17, 15) is 44.3 Å². The van der Waals surface area contributed by atoms with Crippen LogP contribution < -0.4 is 10.2 Å². The molecule has 4 nitrogen and oxygen atoms in total. The van der Waals surface area contributed by atoms with Crippen molar-refractivity contribution < 1.29 is 49.0 Å². The summed E-state index contributed by atoms with van der Waals surface area (Å²) in [6.07, 6.45) is -6.13. The molecule has 1 N–H and O–H groups in total. The van der Waals surface area contributed by atoms with E-state index in [0.717, 1.165) is 29.7 Å². The van der Waals surface area contributed by atoms with Gasteiger partial charge in [0.1, 0.15) is 5.75 Å². The van der Waals surface area contributed by atoms with Crippen LogP contribution in [-0.2, 0) is 4.79 Å². The minimum absolute atomic E-state index is 0.107. The van der Waals surface area contributed by atoms with Crippen molar-refractivity contribution in [2.75, 3.05) is 0 Å². The number of hydrogen-bond donors (Lipinski definition) is 1. The lowest BCUT2D eigenvalue weighted by Crippen LogP contribution is -2.58. The van der Waals surface area contributed by atoms with Crippen LogP contribution in [0, 0.1) is 0 Å². The third-order valence-corrected chi connectivity index (χ3v) is 2.50. The Kier molecular flexibility index (Phi) is 5.92. The molecule has 1 aromatic rings. The van der Waals surface area contributed by atoms with Crippen LogP contribution >= 0.6 is 0 Å². The third-order valence-electron chi connectivity index (χ3n) is 2.50. The van der Waals surface area contributed by atoms with E-state index in [0.29, 0.717) is 6.21 Å². The summed E-state index contributed by atoms with van der Waals surface area (Å²) in [5.74, 6) is -16.1. The fourth-order valence-electron chi connectivity index (χ4n) is 1.33. The van der Waals surface area contributed by atoms with Crippen LogP contribution in [0.5, 0.6) is 5.75 Å². The first kappa shape index (κ1) is 20.6. The zero-order valence-corrected chi connectivity index (χ0v) is 11.6. The van der Waals surface area contributed by atoms with E-state index in [1.54, 1.807) is 0 Å². The topological polar surface area (TPSA) is 50.7 Å². The Bertz CT molecular complexity index is 644. The summed E-state index contributed by atoms with van der Waals surface area (Å²) < 4.78 is 115. The fourth-order valence-corrected chi connectivity index (χ4v) is 1.33. The summed E-state index contributed by atoms with van der Waals surface area (Å²) in [5, 5.41) is 2.78. The molecule has 1 aromatic carbocycles. The van der Waals surface area contributed by atoms with Crippen molar-refractivity contribution in [1.82, 2.24) is 5.43 Å². The molecule has 0 aromatic heterocycles. The van der Waals surface area contributed by atoms with Crippen molar-refractivity contribution >= 4 is 12.1 Å². The molecule has 25 heavy (non-hydrogen) atoms. The molecular formula is C12H7F9N2O2. The van der Waals surface area contributed by atoms with Crippen molar-refractivity contribution in [2.24, 2.45) is 5.10 Å². The molecule has 0 fully saturated rings. The summed E-state index contributed by atoms with van der Waals surface area (Å²) in [5.41, 5.74) is 0.714. The molecular weight excluding hydrogens is 375 g/mol. The highest BCUT2D eigenvalue weighted by atomic mass is 19.4. The van der Waals surface area contributed by atoms with Gasteiger partial charge in [0.15, 0.2) is 0 Å². The highest BCUT2D eigenvalue weighted by molar-refractivity contribution is 5.87. The number of amides is 1. The second-order valence-corrected chi connectivity index (χ2v) is 4.30. The Morgan fingerprint density at radius 1 is 1.12 bits per heavy atom. The van der Waals surface area contributed by atoms with Gasteiger partial charge in [0.05, 0.1) is 6.21 Å². The van der Waals surface area contributed by atoms with Crippen LogP contribution in [0.4, 0.5) is 39.5 Å². The smallest absolute Gasteiger partial charge is 0.435 e. The van der Waals surface area contributed by atoms with Gasteiger partial charge in [-0.2, -0.15) is 44.6 Å². The molecule has 0 aliphatic carbocycles. The number of carbonyl (C=O) groups excluding carboxylic acids is 1. The lowest BCUT2D eigenvalue weighted by Gasteiger charge is -2.26. The van der Waals surface area contributed by atoms with Crippen molar-refractivity contribution in [3.8, 4) is 5.75 Å². The number of ether oxygens (including phenoxy) is 1. The predicted molar refractivity (Wildman–Crippen MR) is 64.8 cm³/mol. The molecule has 0 heterocycles. The van der Waals surface area contributed by atoms with Crippen LogP contribution in [0.1, 0.15) is 5.56 Å². The summed E-state index contributed by atoms with van der Waals surface area (Å²) in [4.78, 5) is 10.9. The minimum Gasteiger partial charge on any atom is -0.435 e. The van der Waals surface area contributed by atoms with Crippen molar-refractivity contribution in [1.29, 1.82) is 0 Å². The predicted octanol–water partition coefficient (Wildman–Crippen LogP) is 3.57. The molecule has 0 spiro atoms. The highest BCUT2D eigenvalue weighted by Gasteiger charge is 2.76. The van der Waals surface area contributed by atoms with E-state index in [1.807, 2.05) is 0 Å². The molecule has 0 unspecified atom stereocenters. The summed E-state index contributed by atoms with van der Waals surface area (Å²) >= 11 is 0. The van der Waals surface area contributed by atoms with Crippen LogP contribution in [0.15, 0.2) is 29.4 Å². The molecule has 0 atom stereocenters. The second kappa shape index (κ2) is 7.19. The first-order valence-corrected chi connectivity index (χ1v) is 6.00. The number of nitrogens with one attached hydrogen (secondary N) is 1. The van der Waals surface area contributed by atoms with Gasteiger partial charge in [0.25, 0.3) is 0 Å². The van der Waals surface area contributed by atoms with Crippen LogP contribution in [0.25, 0.3) is 0 Å². The molecule has 0 bridgehead atoms. The number of alkyl halides is 9. The molecule has 0 saturated carbocycles. The standard InChI is InChI=1S/C12H7F9N2O2/c13-9(14)25-7-3-1-2-6(4-7)5-22-23-8(24)10(15,16)11(17,18)12(19,20)21/h1-5,9H,(H,23,24)/b22-5-. The minimum atomic E-state index is -6.67. The number of hydrazone groups is 1. The van der Waals surface area contributed by atoms with Crippen LogP contribution in [0.3, 0.4) is 0 Å². The van der Waals surface area contributed by atoms with Gasteiger partial charge in [-0.25, -0.2) is 5.43 Å². The molecule has 0 saturated heterocycles. The lowest BCUT2D eigenvalue weighted by atomic mass is 10.1. The third kappa shape index (κ3) is 4.76. The van der Waals surface area contributed by atoms with Crippen molar-refractivity contribution in [2.45, 2.75) is 24.6 Å². The Hall–Kier alpha value is -2.47. The molecule has 0 radical (unpaired) electrons. The van der Waals surface area contributed by atoms with Gasteiger partial charge in [0, 0.05) is 0 Å². The molecule has 0 aliphatic heterocycles. The van der Waals surface area contributed by atoms with E-state index in [1.165, 1.54) is 0 Å². The number of benzene rings is 1. The molecule has 0 aliphatic rings. The maximum Gasteiger partial charge on any atom is 0.460 e. The molecule has 1 rings (SSSR count). The molecule has 1 amide bonds. The Balaban J connectivity index is 2.84. The quantitative estimate of drug-likeness (QED) is 0.465. The van der Waals surface area contributed by atoms with Gasteiger partial charge in [-0.1, -0.05) is 12.1 Å². The molecule has 140 valence electrons. The van der Waals surface area contributed by atoms with E-state index in [4.69, 9.17) is 0 Å². The largest absolute Gasteiger partial charge is 0.460 e. The number of rotatable bonds is 6. The summed E-state index contributed by atoms with van der Waals surface area (Å²) in [7, 11) is 0. The van der Waals surface area contributed by atoms with E-state index in [-0.39, 0.29) is 11.3 Å². The average molecular weight is 382 g/mol. The second-order valence-electron chi connectivity index (χ2n) is 4.30. The van der Waals surface area contributed by atoms with Crippen LogP contribution in [0.2, 0.25) is 0 Å². The first-order valence-electron chi connectivity index (χ1n) is 6.00. The van der Waals surface area contributed by atoms with Gasteiger partial charge >= 0.3 is 30.5 Å². The van der Waals surface area contributed by atoms with Gasteiger partial charge in [0.2, 0.25) is 0 Å². The average Bonchev–Trinajstić information content (AvgIpc) is 2.45. The maximum absolute atomic E-state index is 13.0. The monoisotopic (exact) mass is 382 g/mol. The van der Waals surface area contributed by atoms with Gasteiger partial charge < -0.3 is 4.74 Å². The highest BCUT2D eigenvalue weighted by Crippen LogP contribution is 2.46. The number of nitrogens with zero attached hydrogens (tertiary/aromatic N) is 1. The normalized spacial score (nSPS) is 13.4. The van der Waals surface area contributed by atoms with E-state index in [2.05, 4.69) is 9.84 Å². The summed E-state index contributed by atoms with van der Waals surface area (Å²) in [6, 6.07) is 4.31. The zero-order valence-electron chi connectivity index (χ0n) is 11.6. The molecule has 13 heteroatoms. The van der Waals surface area contributed by atoms with Crippen LogP contribution in [-0.4, -0.2) is 36.8 Å². The summed E-state index contributed by atoms with van der Waals surface area (Å²) in [6.45, 7) is -3.17. The van der Waals surface area contributed by atoms with E-state index >= 15 is 0 Å². The zero-order chi connectivity index (χ0) is 19.5. The van der Waals surface area contributed by atoms with Crippen molar-refractivity contribution in [3.05, 3.63) is 29.8 Å². The Morgan fingerprint density at radius 3 is 2.24 bits per heavy atom. The van der Waals surface area contributed by atoms with Gasteiger partial charge in [-0.3, -0.25) is 4.79 Å². The Morgan fingerprint density at radius 2 is 1.72 bits per heavy atom. The van der Waals surface area contributed by atoms with Gasteiger partial charge in [-0.15, -0.1) is 0 Å². The number of halogens is 9. The fraction of sp³-hybridized carbons (Fsp3) is 0.333. The Labute approximate surface area is 133 Å². The SMILES string of the molecule is O=C(N/N=C\c1cccc(OC(F)F)c1)C(F)(F)C(F)(F)C(F)(F)F. The van der Waals surface area contributed by atoms with Gasteiger partial charge in [-0.05, 0) is 17.7 Å². The first-order chi connectivity index (χ1) is 11.3. The maximum atomic E-state index is 13.0. The number of hydrogen-bond acceptors (Lipinski definition) is 3.